The van der Waals surface area contributed by atoms with Crippen LogP contribution in [-0.2, 0) is 11.2 Å². The maximum Gasteiger partial charge on any atom is 0.338 e. The molecule has 0 atom stereocenters. The average molecular weight is 399 g/mol. The van der Waals surface area contributed by atoms with Gasteiger partial charge in [-0.05, 0) is 70.8 Å². The predicted octanol–water partition coefficient (Wildman–Crippen LogP) is 4.98. The predicted molar refractivity (Wildman–Crippen MR) is 109 cm³/mol. The zero-order chi connectivity index (χ0) is 18.8. The number of aryl methyl sites for hydroxylation is 1. The van der Waals surface area contributed by atoms with Crippen LogP contribution in [0, 0.1) is 0 Å². The van der Waals surface area contributed by atoms with Gasteiger partial charge in [0, 0.05) is 0 Å². The van der Waals surface area contributed by atoms with Gasteiger partial charge in [-0.3, -0.25) is 0 Å². The van der Waals surface area contributed by atoms with Gasteiger partial charge in [-0.1, -0.05) is 13.0 Å². The molecule has 27 heavy (non-hydrogen) atoms. The molecule has 8 heteroatoms. The number of nitrogens with zero attached hydrogens (tertiary/aromatic N) is 2. The van der Waals surface area contributed by atoms with Crippen molar-refractivity contribution in [3.63, 3.8) is 0 Å². The van der Waals surface area contributed by atoms with E-state index in [4.69, 9.17) is 4.74 Å². The van der Waals surface area contributed by atoms with Crippen molar-refractivity contribution >= 4 is 49.6 Å². The van der Waals surface area contributed by atoms with Crippen LogP contribution >= 0.6 is 21.6 Å². The lowest BCUT2D eigenvalue weighted by Crippen LogP contribution is -2.04. The van der Waals surface area contributed by atoms with Crippen LogP contribution in [0.3, 0.4) is 0 Å². The summed E-state index contributed by atoms with van der Waals surface area (Å²) >= 11 is 0. The van der Waals surface area contributed by atoms with Crippen LogP contribution < -0.4 is 0 Å². The number of benzene rings is 2. The Morgan fingerprint density at radius 3 is 2.22 bits per heavy atom. The first kappa shape index (κ1) is 17.9. The fourth-order valence-corrected chi connectivity index (χ4v) is 4.42. The lowest BCUT2D eigenvalue weighted by Gasteiger charge is -2.00. The van der Waals surface area contributed by atoms with Crippen molar-refractivity contribution in [3.8, 4) is 0 Å². The number of aromatic nitrogens is 4. The molecule has 4 rings (SSSR count). The van der Waals surface area contributed by atoms with Crippen molar-refractivity contribution in [2.45, 2.75) is 30.6 Å². The van der Waals surface area contributed by atoms with Crippen molar-refractivity contribution in [2.75, 3.05) is 6.61 Å². The van der Waals surface area contributed by atoms with E-state index in [2.05, 4.69) is 39.0 Å². The normalized spacial score (nSPS) is 11.3. The molecule has 2 aromatic heterocycles. The molecule has 2 N–H and O–H groups in total. The zero-order valence-electron chi connectivity index (χ0n) is 14.9. The quantitative estimate of drug-likeness (QED) is 0.352. The van der Waals surface area contributed by atoms with Crippen LogP contribution in [0.2, 0.25) is 0 Å². The van der Waals surface area contributed by atoms with E-state index in [1.165, 1.54) is 27.2 Å². The fourth-order valence-electron chi connectivity index (χ4n) is 2.74. The van der Waals surface area contributed by atoms with Crippen LogP contribution in [-0.4, -0.2) is 32.5 Å². The molecule has 2 aromatic carbocycles. The Labute approximate surface area is 163 Å². The molecule has 0 aliphatic heterocycles. The summed E-state index contributed by atoms with van der Waals surface area (Å²) in [6, 6.07) is 11.6. The Morgan fingerprint density at radius 2 is 1.59 bits per heavy atom. The molecule has 4 aromatic rings. The van der Waals surface area contributed by atoms with Gasteiger partial charge < -0.3 is 14.7 Å². The van der Waals surface area contributed by atoms with Crippen molar-refractivity contribution in [1.29, 1.82) is 0 Å². The Kier molecular flexibility index (Phi) is 5.09. The van der Waals surface area contributed by atoms with Gasteiger partial charge in [0.05, 0.1) is 34.2 Å². The minimum atomic E-state index is -0.327. The third-order valence-corrected chi connectivity index (χ3v) is 6.09. The van der Waals surface area contributed by atoms with Gasteiger partial charge in [0.25, 0.3) is 0 Å². The first-order valence-electron chi connectivity index (χ1n) is 8.66. The second-order valence-corrected chi connectivity index (χ2v) is 8.01. The number of H-pyrrole nitrogens is 2. The first-order valence-corrected chi connectivity index (χ1v) is 10.8. The van der Waals surface area contributed by atoms with E-state index in [1.54, 1.807) is 19.1 Å². The fraction of sp³-hybridized carbons (Fsp3) is 0.211. The van der Waals surface area contributed by atoms with E-state index in [0.717, 1.165) is 38.8 Å². The van der Waals surface area contributed by atoms with Crippen molar-refractivity contribution in [1.82, 2.24) is 19.9 Å². The molecule has 2 heterocycles. The van der Waals surface area contributed by atoms with E-state index in [0.29, 0.717) is 12.2 Å². The molecule has 0 aliphatic rings. The smallest absolute Gasteiger partial charge is 0.338 e. The number of aromatic amines is 2. The van der Waals surface area contributed by atoms with E-state index in [9.17, 15) is 4.79 Å². The van der Waals surface area contributed by atoms with Crippen LogP contribution in [0.4, 0.5) is 0 Å². The molecule has 0 saturated heterocycles. The number of fused-ring (bicyclic) bond motifs is 2. The lowest BCUT2D eigenvalue weighted by atomic mass is 10.1. The van der Waals surface area contributed by atoms with Crippen LogP contribution in [0.1, 0.15) is 29.8 Å². The number of hydrogen-bond donors (Lipinski definition) is 2. The summed E-state index contributed by atoms with van der Waals surface area (Å²) in [6.07, 6.45) is 0.999. The highest BCUT2D eigenvalue weighted by molar-refractivity contribution is 8.76. The summed E-state index contributed by atoms with van der Waals surface area (Å²) in [5, 5.41) is 1.58. The van der Waals surface area contributed by atoms with E-state index in [1.807, 2.05) is 12.1 Å². The highest BCUT2D eigenvalue weighted by Crippen LogP contribution is 2.36. The molecule has 0 bridgehead atoms. The highest BCUT2D eigenvalue weighted by atomic mass is 33.1. The second kappa shape index (κ2) is 7.66. The summed E-state index contributed by atoms with van der Waals surface area (Å²) in [5.41, 5.74) is 5.41. The van der Waals surface area contributed by atoms with E-state index >= 15 is 0 Å². The van der Waals surface area contributed by atoms with Crippen LogP contribution in [0.15, 0.2) is 46.7 Å². The number of hydrogen-bond acceptors (Lipinski definition) is 6. The molecule has 0 fully saturated rings. The van der Waals surface area contributed by atoms with Crippen LogP contribution in [0.5, 0.6) is 0 Å². The number of esters is 1. The van der Waals surface area contributed by atoms with E-state index < -0.39 is 0 Å². The van der Waals surface area contributed by atoms with Gasteiger partial charge in [-0.15, -0.1) is 0 Å². The van der Waals surface area contributed by atoms with Crippen molar-refractivity contribution in [3.05, 3.63) is 47.5 Å². The molecular weight excluding hydrogens is 380 g/mol. The Bertz CT molecular complexity index is 1120. The number of rotatable bonds is 6. The third kappa shape index (κ3) is 3.81. The molecule has 0 unspecified atom stereocenters. The summed E-state index contributed by atoms with van der Waals surface area (Å²) in [5.74, 6) is -0.327. The van der Waals surface area contributed by atoms with Gasteiger partial charge in [-0.2, -0.15) is 0 Å². The monoisotopic (exact) mass is 398 g/mol. The topological polar surface area (TPSA) is 83.7 Å². The maximum atomic E-state index is 11.9. The Morgan fingerprint density at radius 1 is 0.963 bits per heavy atom. The third-order valence-electron chi connectivity index (χ3n) is 4.10. The molecule has 0 aliphatic carbocycles. The van der Waals surface area contributed by atoms with Crippen molar-refractivity contribution < 1.29 is 9.53 Å². The Hall–Kier alpha value is -2.45. The molecule has 0 saturated carbocycles. The van der Waals surface area contributed by atoms with Gasteiger partial charge in [0.1, 0.15) is 0 Å². The van der Waals surface area contributed by atoms with Gasteiger partial charge >= 0.3 is 5.97 Å². The first-order chi connectivity index (χ1) is 13.2. The number of carbonyl (C=O) groups is 1. The Balaban J connectivity index is 1.50. The minimum Gasteiger partial charge on any atom is -0.462 e. The minimum absolute atomic E-state index is 0.327. The zero-order valence-corrected chi connectivity index (χ0v) is 16.5. The summed E-state index contributed by atoms with van der Waals surface area (Å²) < 4.78 is 5.04. The van der Waals surface area contributed by atoms with E-state index in [-0.39, 0.29) is 5.97 Å². The molecule has 0 amide bonds. The van der Waals surface area contributed by atoms with Crippen LogP contribution in [0.25, 0.3) is 22.1 Å². The highest BCUT2D eigenvalue weighted by Gasteiger charge is 2.11. The molecular formula is C19H18N4O2S2. The van der Waals surface area contributed by atoms with Gasteiger partial charge in [0.2, 0.25) is 0 Å². The SMILES string of the molecule is CCOC(=O)c1ccc2nc(SSc3nc4ccc(CC)cc4[nH]3)[nH]c2c1. The number of imidazole rings is 2. The lowest BCUT2D eigenvalue weighted by molar-refractivity contribution is 0.0526. The summed E-state index contributed by atoms with van der Waals surface area (Å²) in [4.78, 5) is 27.6. The molecule has 0 radical (unpaired) electrons. The van der Waals surface area contributed by atoms with Gasteiger partial charge in [0.15, 0.2) is 10.3 Å². The van der Waals surface area contributed by atoms with Gasteiger partial charge in [-0.25, -0.2) is 14.8 Å². The number of ether oxygens (including phenoxy) is 1. The largest absolute Gasteiger partial charge is 0.462 e. The summed E-state index contributed by atoms with van der Waals surface area (Å²) in [7, 11) is 3.00. The summed E-state index contributed by atoms with van der Waals surface area (Å²) in [6.45, 7) is 4.28. The maximum absolute atomic E-state index is 11.9. The second-order valence-electron chi connectivity index (χ2n) is 5.91. The molecule has 6 nitrogen and oxygen atoms in total. The molecule has 138 valence electrons. The average Bonchev–Trinajstić information content (AvgIpc) is 3.28. The number of carbonyl (C=O) groups excluding carboxylic acids is 1. The molecule has 0 spiro atoms. The number of nitrogens with one attached hydrogen (secondary N) is 2. The van der Waals surface area contributed by atoms with Crippen molar-refractivity contribution in [2.24, 2.45) is 0 Å². The standard InChI is InChI=1S/C19H18N4O2S2/c1-3-11-5-7-13-15(9-11)22-18(20-13)26-27-19-21-14-8-6-12(10-16(14)23-19)17(24)25-4-2/h5-10H,3-4H2,1-2H3,(H,20,22)(H,21,23).